The molecule has 0 aliphatic heterocycles. The molecule has 0 saturated carbocycles. The van der Waals surface area contributed by atoms with E-state index in [-0.39, 0.29) is 12.1 Å². The van der Waals surface area contributed by atoms with Gasteiger partial charge in [-0.3, -0.25) is 0 Å². The molecule has 3 N–H and O–H groups in total. The van der Waals surface area contributed by atoms with Crippen LogP contribution in [0.4, 0.5) is 8.78 Å². The van der Waals surface area contributed by atoms with Crippen LogP contribution in [0.2, 0.25) is 5.02 Å². The van der Waals surface area contributed by atoms with Crippen LogP contribution in [0.25, 0.3) is 0 Å². The van der Waals surface area contributed by atoms with Crippen molar-refractivity contribution < 1.29 is 13.9 Å². The smallest absolute Gasteiger partial charge is 0.164 e. The normalized spacial score (nSPS) is 14.1. The van der Waals surface area contributed by atoms with Gasteiger partial charge in [0.2, 0.25) is 0 Å². The summed E-state index contributed by atoms with van der Waals surface area (Å²) in [5.41, 5.74) is 6.15. The van der Waals surface area contributed by atoms with Crippen LogP contribution >= 0.6 is 11.6 Å². The minimum atomic E-state index is -1.27. The highest BCUT2D eigenvalue weighted by atomic mass is 35.5. The zero-order valence-electron chi connectivity index (χ0n) is 10.6. The molecule has 0 bridgehead atoms. The fraction of sp³-hybridized carbons (Fsp3) is 0.200. The Labute approximate surface area is 120 Å². The van der Waals surface area contributed by atoms with E-state index in [2.05, 4.69) is 0 Å². The highest BCUT2D eigenvalue weighted by Crippen LogP contribution is 2.35. The number of hydrogen-bond donors (Lipinski definition) is 2. The Morgan fingerprint density at radius 2 is 1.70 bits per heavy atom. The number of aliphatic hydroxyl groups excluding tert-OH is 1. The quantitative estimate of drug-likeness (QED) is 0.908. The molecule has 0 amide bonds. The Balaban J connectivity index is 2.42. The van der Waals surface area contributed by atoms with Crippen LogP contribution in [0.5, 0.6) is 0 Å². The lowest BCUT2D eigenvalue weighted by molar-refractivity contribution is 0.142. The van der Waals surface area contributed by atoms with Crippen molar-refractivity contribution in [3.63, 3.8) is 0 Å². The number of rotatable bonds is 4. The third-order valence-electron chi connectivity index (χ3n) is 3.24. The Morgan fingerprint density at radius 1 is 1.05 bits per heavy atom. The molecule has 106 valence electrons. The molecule has 2 rings (SSSR count). The van der Waals surface area contributed by atoms with E-state index in [0.29, 0.717) is 10.6 Å². The molecular weight excluding hydrogens is 284 g/mol. The number of hydrogen-bond acceptors (Lipinski definition) is 2. The van der Waals surface area contributed by atoms with E-state index in [1.807, 2.05) is 0 Å². The average Bonchev–Trinajstić information content (AvgIpc) is 2.44. The Morgan fingerprint density at radius 3 is 2.35 bits per heavy atom. The lowest BCUT2D eigenvalue weighted by Gasteiger charge is -2.23. The highest BCUT2D eigenvalue weighted by Gasteiger charge is 2.26. The number of nitrogens with two attached hydrogens (primary N) is 1. The van der Waals surface area contributed by atoms with Gasteiger partial charge in [-0.2, -0.15) is 0 Å². The molecule has 2 atom stereocenters. The summed E-state index contributed by atoms with van der Waals surface area (Å²) in [4.78, 5) is 0. The third kappa shape index (κ3) is 2.82. The summed E-state index contributed by atoms with van der Waals surface area (Å²) < 4.78 is 27.0. The van der Waals surface area contributed by atoms with Crippen molar-refractivity contribution in [2.45, 2.75) is 12.0 Å². The predicted molar refractivity (Wildman–Crippen MR) is 74.6 cm³/mol. The van der Waals surface area contributed by atoms with Crippen LogP contribution in [0.1, 0.15) is 23.1 Å². The molecule has 0 heterocycles. The van der Waals surface area contributed by atoms with Crippen molar-refractivity contribution in [1.29, 1.82) is 0 Å². The minimum Gasteiger partial charge on any atom is -0.388 e. The maximum absolute atomic E-state index is 13.8. The van der Waals surface area contributed by atoms with Crippen LogP contribution in [-0.2, 0) is 0 Å². The van der Waals surface area contributed by atoms with Gasteiger partial charge in [-0.1, -0.05) is 41.9 Å². The zero-order valence-corrected chi connectivity index (χ0v) is 11.3. The summed E-state index contributed by atoms with van der Waals surface area (Å²) in [5, 5.41) is 10.7. The van der Waals surface area contributed by atoms with E-state index < -0.39 is 23.7 Å². The van der Waals surface area contributed by atoms with Crippen LogP contribution in [0.15, 0.2) is 42.5 Å². The summed E-state index contributed by atoms with van der Waals surface area (Å²) in [6.07, 6.45) is -1.27. The molecular formula is C15H14ClF2NO. The standard InChI is InChI=1S/C15H14ClF2NO/c16-12-6-2-1-4-9(12)11(8-19)15(20)10-5-3-7-13(17)14(10)18/h1-7,11,15,20H,8,19H2. The summed E-state index contributed by atoms with van der Waals surface area (Å²) >= 11 is 6.07. The molecule has 0 aliphatic rings. The lowest BCUT2D eigenvalue weighted by atomic mass is 9.89. The largest absolute Gasteiger partial charge is 0.388 e. The second-order valence-electron chi connectivity index (χ2n) is 4.45. The summed E-state index contributed by atoms with van der Waals surface area (Å²) in [7, 11) is 0. The average molecular weight is 298 g/mol. The van der Waals surface area contributed by atoms with Gasteiger partial charge in [0.1, 0.15) is 0 Å². The van der Waals surface area contributed by atoms with Crippen LogP contribution < -0.4 is 5.73 Å². The Hall–Kier alpha value is -1.49. The molecule has 5 heteroatoms. The summed E-state index contributed by atoms with van der Waals surface area (Å²) in [6, 6.07) is 10.5. The molecule has 0 aromatic heterocycles. The maximum atomic E-state index is 13.8. The first-order valence-corrected chi connectivity index (χ1v) is 6.50. The third-order valence-corrected chi connectivity index (χ3v) is 3.58. The molecule has 0 fully saturated rings. The molecule has 0 saturated heterocycles. The molecule has 0 radical (unpaired) electrons. The molecule has 0 aliphatic carbocycles. The summed E-state index contributed by atoms with van der Waals surface area (Å²) in [5.74, 6) is -2.68. The van der Waals surface area contributed by atoms with Gasteiger partial charge in [-0.25, -0.2) is 8.78 Å². The first-order valence-electron chi connectivity index (χ1n) is 6.12. The van der Waals surface area contributed by atoms with Gasteiger partial charge in [0.05, 0.1) is 6.10 Å². The first kappa shape index (κ1) is 14.9. The van der Waals surface area contributed by atoms with Crippen LogP contribution in [-0.4, -0.2) is 11.7 Å². The first-order chi connectivity index (χ1) is 9.56. The van der Waals surface area contributed by atoms with Crippen molar-refractivity contribution >= 4 is 11.6 Å². The monoisotopic (exact) mass is 297 g/mol. The van der Waals surface area contributed by atoms with Crippen LogP contribution in [0, 0.1) is 11.6 Å². The minimum absolute atomic E-state index is 0.0564. The van der Waals surface area contributed by atoms with E-state index in [1.54, 1.807) is 24.3 Å². The van der Waals surface area contributed by atoms with E-state index in [9.17, 15) is 13.9 Å². The van der Waals surface area contributed by atoms with Gasteiger partial charge in [-0.15, -0.1) is 0 Å². The van der Waals surface area contributed by atoms with E-state index in [0.717, 1.165) is 6.07 Å². The molecule has 0 spiro atoms. The zero-order chi connectivity index (χ0) is 14.7. The molecule has 2 aromatic carbocycles. The highest BCUT2D eigenvalue weighted by molar-refractivity contribution is 6.31. The van der Waals surface area contributed by atoms with Gasteiger partial charge >= 0.3 is 0 Å². The van der Waals surface area contributed by atoms with Gasteiger partial charge < -0.3 is 10.8 Å². The fourth-order valence-corrected chi connectivity index (χ4v) is 2.44. The molecule has 2 nitrogen and oxygen atoms in total. The van der Waals surface area contributed by atoms with Gasteiger partial charge in [0, 0.05) is 23.0 Å². The molecule has 2 aromatic rings. The number of benzene rings is 2. The van der Waals surface area contributed by atoms with E-state index in [1.165, 1.54) is 12.1 Å². The van der Waals surface area contributed by atoms with Crippen molar-refractivity contribution in [3.05, 3.63) is 70.2 Å². The molecule has 2 unspecified atom stereocenters. The Kier molecular flexibility index (Phi) is 4.70. The van der Waals surface area contributed by atoms with Crippen molar-refractivity contribution in [2.75, 3.05) is 6.54 Å². The second-order valence-corrected chi connectivity index (χ2v) is 4.86. The maximum Gasteiger partial charge on any atom is 0.164 e. The van der Waals surface area contributed by atoms with Crippen LogP contribution in [0.3, 0.4) is 0 Å². The van der Waals surface area contributed by atoms with Crippen molar-refractivity contribution in [3.8, 4) is 0 Å². The topological polar surface area (TPSA) is 46.2 Å². The predicted octanol–water partition coefficient (Wildman–Crippen LogP) is 3.39. The second kappa shape index (κ2) is 6.31. The lowest BCUT2D eigenvalue weighted by Crippen LogP contribution is -2.21. The van der Waals surface area contributed by atoms with E-state index in [4.69, 9.17) is 17.3 Å². The van der Waals surface area contributed by atoms with Gasteiger partial charge in [-0.05, 0) is 17.7 Å². The SMILES string of the molecule is NCC(c1ccccc1Cl)C(O)c1cccc(F)c1F. The van der Waals surface area contributed by atoms with Gasteiger partial charge in [0.25, 0.3) is 0 Å². The van der Waals surface area contributed by atoms with E-state index >= 15 is 0 Å². The molecule has 20 heavy (non-hydrogen) atoms. The Bertz CT molecular complexity index is 606. The van der Waals surface area contributed by atoms with Crippen molar-refractivity contribution in [2.24, 2.45) is 5.73 Å². The summed E-state index contributed by atoms with van der Waals surface area (Å²) in [6.45, 7) is 0.0564. The fourth-order valence-electron chi connectivity index (χ4n) is 2.17. The number of aliphatic hydroxyl groups is 1. The van der Waals surface area contributed by atoms with Gasteiger partial charge in [0.15, 0.2) is 11.6 Å². The van der Waals surface area contributed by atoms with Crippen molar-refractivity contribution in [1.82, 2.24) is 0 Å². The number of halogens is 3.